The second kappa shape index (κ2) is 6.00. The third kappa shape index (κ3) is 2.92. The first-order valence-electron chi connectivity index (χ1n) is 6.56. The van der Waals surface area contributed by atoms with Crippen molar-refractivity contribution >= 4 is 22.9 Å². The maximum atomic E-state index is 12.1. The fourth-order valence-electron chi connectivity index (χ4n) is 2.17. The van der Waals surface area contributed by atoms with Gasteiger partial charge in [-0.15, -0.1) is 11.3 Å². The lowest BCUT2D eigenvalue weighted by atomic mass is 10.2. The van der Waals surface area contributed by atoms with Gasteiger partial charge < -0.3 is 15.4 Å². The highest BCUT2D eigenvalue weighted by atomic mass is 32.1. The molecule has 0 aliphatic carbocycles. The van der Waals surface area contributed by atoms with Crippen LogP contribution < -0.4 is 15.4 Å². The molecule has 0 bridgehead atoms. The number of thiophene rings is 1. The van der Waals surface area contributed by atoms with Gasteiger partial charge in [-0.3, -0.25) is 4.79 Å². The second-order valence-electron chi connectivity index (χ2n) is 4.54. The Labute approximate surface area is 127 Å². The van der Waals surface area contributed by atoms with Gasteiger partial charge in [0.15, 0.2) is 6.61 Å². The predicted octanol–water partition coefficient (Wildman–Crippen LogP) is 1.98. The summed E-state index contributed by atoms with van der Waals surface area (Å²) in [4.78, 5) is 14.9. The average molecular weight is 298 g/mol. The largest absolute Gasteiger partial charge is 0.482 e. The molecule has 0 saturated carbocycles. The summed E-state index contributed by atoms with van der Waals surface area (Å²) >= 11 is 1.59. The Morgan fingerprint density at radius 1 is 1.38 bits per heavy atom. The predicted molar refractivity (Wildman–Crippen MR) is 83.4 cm³/mol. The number of fused-ring (bicyclic) bond motifs is 1. The van der Waals surface area contributed by atoms with E-state index in [9.17, 15) is 4.79 Å². The molecule has 0 unspecified atom stereocenters. The van der Waals surface area contributed by atoms with E-state index in [1.54, 1.807) is 16.2 Å². The minimum Gasteiger partial charge on any atom is -0.482 e. The third-order valence-electron chi connectivity index (χ3n) is 3.11. The molecule has 1 amide bonds. The highest BCUT2D eigenvalue weighted by Gasteiger charge is 2.25. The van der Waals surface area contributed by atoms with Crippen molar-refractivity contribution in [3.8, 4) is 17.6 Å². The molecule has 5 heteroatoms. The molecule has 1 aromatic heterocycles. The number of amides is 1. The van der Waals surface area contributed by atoms with Gasteiger partial charge in [0.25, 0.3) is 5.91 Å². The fraction of sp³-hybridized carbons (Fsp3) is 0.188. The number of hydrogen-bond acceptors (Lipinski definition) is 4. The van der Waals surface area contributed by atoms with E-state index in [0.29, 0.717) is 13.1 Å². The zero-order chi connectivity index (χ0) is 14.7. The van der Waals surface area contributed by atoms with Crippen LogP contribution in [0.25, 0.3) is 0 Å². The third-order valence-corrected chi connectivity index (χ3v) is 4.03. The van der Waals surface area contributed by atoms with Gasteiger partial charge in [-0.1, -0.05) is 24.0 Å². The Kier molecular flexibility index (Phi) is 3.91. The van der Waals surface area contributed by atoms with Crippen LogP contribution in [0, 0.1) is 11.8 Å². The van der Waals surface area contributed by atoms with E-state index >= 15 is 0 Å². The molecule has 2 aromatic rings. The van der Waals surface area contributed by atoms with Gasteiger partial charge in [0.05, 0.1) is 18.8 Å². The minimum atomic E-state index is -0.0308. The Morgan fingerprint density at radius 3 is 3.10 bits per heavy atom. The van der Waals surface area contributed by atoms with Crippen LogP contribution in [-0.2, 0) is 11.3 Å². The van der Waals surface area contributed by atoms with Gasteiger partial charge in [-0.2, -0.15) is 0 Å². The molecular formula is C16H14N2O2S. The molecule has 3 rings (SSSR count). The van der Waals surface area contributed by atoms with Gasteiger partial charge in [0.1, 0.15) is 5.75 Å². The average Bonchev–Trinajstić information content (AvgIpc) is 2.96. The van der Waals surface area contributed by atoms with Crippen LogP contribution in [0.4, 0.5) is 5.69 Å². The number of nitrogens with two attached hydrogens (primary N) is 1. The van der Waals surface area contributed by atoms with Crippen molar-refractivity contribution in [2.24, 2.45) is 5.73 Å². The van der Waals surface area contributed by atoms with Gasteiger partial charge in [-0.25, -0.2) is 0 Å². The number of anilines is 1. The highest BCUT2D eigenvalue weighted by molar-refractivity contribution is 7.10. The smallest absolute Gasteiger partial charge is 0.265 e. The highest BCUT2D eigenvalue weighted by Crippen LogP contribution is 2.33. The van der Waals surface area contributed by atoms with Crippen molar-refractivity contribution in [2.45, 2.75) is 6.54 Å². The summed E-state index contributed by atoms with van der Waals surface area (Å²) < 4.78 is 5.44. The van der Waals surface area contributed by atoms with Crippen molar-refractivity contribution in [1.82, 2.24) is 0 Å². The first-order valence-corrected chi connectivity index (χ1v) is 7.44. The van der Waals surface area contributed by atoms with Gasteiger partial charge in [0, 0.05) is 15.8 Å². The normalized spacial score (nSPS) is 13.2. The molecule has 21 heavy (non-hydrogen) atoms. The summed E-state index contributed by atoms with van der Waals surface area (Å²) in [5, 5.41) is 1.98. The van der Waals surface area contributed by atoms with Crippen LogP contribution in [0.15, 0.2) is 35.7 Å². The second-order valence-corrected chi connectivity index (χ2v) is 5.54. The van der Waals surface area contributed by atoms with Crippen molar-refractivity contribution in [3.05, 3.63) is 46.2 Å². The number of para-hydroxylation sites is 2. The Morgan fingerprint density at radius 2 is 2.24 bits per heavy atom. The summed E-state index contributed by atoms with van der Waals surface area (Å²) in [6, 6.07) is 9.58. The van der Waals surface area contributed by atoms with Crippen LogP contribution in [0.5, 0.6) is 5.75 Å². The maximum absolute atomic E-state index is 12.1. The summed E-state index contributed by atoms with van der Waals surface area (Å²) in [7, 11) is 0. The summed E-state index contributed by atoms with van der Waals surface area (Å²) in [5.41, 5.74) is 7.12. The molecule has 4 nitrogen and oxygen atoms in total. The molecule has 0 spiro atoms. The van der Waals surface area contributed by atoms with Gasteiger partial charge in [-0.05, 0) is 18.2 Å². The van der Waals surface area contributed by atoms with Crippen LogP contribution >= 0.6 is 11.3 Å². The molecule has 0 fully saturated rings. The van der Waals surface area contributed by atoms with E-state index in [2.05, 4.69) is 11.8 Å². The van der Waals surface area contributed by atoms with E-state index in [4.69, 9.17) is 10.5 Å². The molecule has 0 saturated heterocycles. The zero-order valence-corrected chi connectivity index (χ0v) is 12.2. The van der Waals surface area contributed by atoms with Crippen LogP contribution in [0.3, 0.4) is 0 Å². The number of carbonyl (C=O) groups excluding carboxylic acids is 1. The maximum Gasteiger partial charge on any atom is 0.265 e. The van der Waals surface area contributed by atoms with Crippen molar-refractivity contribution in [2.75, 3.05) is 18.1 Å². The standard InChI is InChI=1S/C16H14N2O2S/c17-7-3-4-12-8-13(21-11-12)9-18-14-5-1-2-6-15(14)20-10-16(18)19/h1-2,5-6,8,11H,7,9-10,17H2. The molecule has 106 valence electrons. The molecule has 1 aromatic carbocycles. The van der Waals surface area contributed by atoms with Crippen LogP contribution in [0.2, 0.25) is 0 Å². The zero-order valence-electron chi connectivity index (χ0n) is 11.3. The van der Waals surface area contributed by atoms with Crippen molar-refractivity contribution in [3.63, 3.8) is 0 Å². The molecule has 2 heterocycles. The Hall–Kier alpha value is -2.29. The van der Waals surface area contributed by atoms with E-state index in [1.165, 1.54) is 0 Å². The molecule has 2 N–H and O–H groups in total. The van der Waals surface area contributed by atoms with Crippen molar-refractivity contribution in [1.29, 1.82) is 0 Å². The minimum absolute atomic E-state index is 0.0308. The van der Waals surface area contributed by atoms with E-state index < -0.39 is 0 Å². The first-order chi connectivity index (χ1) is 10.3. The lowest BCUT2D eigenvalue weighted by Gasteiger charge is -2.28. The number of benzene rings is 1. The topological polar surface area (TPSA) is 55.6 Å². The van der Waals surface area contributed by atoms with Crippen molar-refractivity contribution < 1.29 is 9.53 Å². The number of carbonyl (C=O) groups is 1. The van der Waals surface area contributed by atoms with E-state index in [-0.39, 0.29) is 12.5 Å². The molecule has 0 radical (unpaired) electrons. The summed E-state index contributed by atoms with van der Waals surface area (Å²) in [5.74, 6) is 6.55. The molecule has 0 atom stereocenters. The number of ether oxygens (including phenoxy) is 1. The Bertz CT molecular complexity index is 727. The van der Waals surface area contributed by atoms with Crippen LogP contribution in [0.1, 0.15) is 10.4 Å². The Balaban J connectivity index is 1.84. The molecule has 1 aliphatic rings. The fourth-order valence-corrected chi connectivity index (χ4v) is 2.97. The summed E-state index contributed by atoms with van der Waals surface area (Å²) in [6.07, 6.45) is 0. The quantitative estimate of drug-likeness (QED) is 0.863. The van der Waals surface area contributed by atoms with Crippen LogP contribution in [-0.4, -0.2) is 19.1 Å². The van der Waals surface area contributed by atoms with Gasteiger partial charge in [0.2, 0.25) is 0 Å². The van der Waals surface area contributed by atoms with Gasteiger partial charge >= 0.3 is 0 Å². The van der Waals surface area contributed by atoms with E-state index in [1.807, 2.05) is 35.7 Å². The number of rotatable bonds is 2. The number of nitrogens with zero attached hydrogens (tertiary/aromatic N) is 1. The lowest BCUT2D eigenvalue weighted by Crippen LogP contribution is -2.37. The molecular weight excluding hydrogens is 284 g/mol. The summed E-state index contributed by atoms with van der Waals surface area (Å²) in [6.45, 7) is 0.969. The first kappa shape index (κ1) is 13.7. The molecule has 1 aliphatic heterocycles. The lowest BCUT2D eigenvalue weighted by molar-refractivity contribution is -0.121. The SMILES string of the molecule is NCC#Cc1csc(CN2C(=O)COc3ccccc32)c1. The monoisotopic (exact) mass is 298 g/mol. The number of hydrogen-bond donors (Lipinski definition) is 1. The van der Waals surface area contributed by atoms with E-state index in [0.717, 1.165) is 21.9 Å².